The van der Waals surface area contributed by atoms with Gasteiger partial charge in [0, 0.05) is 31.1 Å². The van der Waals surface area contributed by atoms with E-state index in [1.165, 1.54) is 11.3 Å². The van der Waals surface area contributed by atoms with Gasteiger partial charge < -0.3 is 19.4 Å². The Hall–Kier alpha value is -3.36. The lowest BCUT2D eigenvalue weighted by atomic mass is 10.2. The van der Waals surface area contributed by atoms with Crippen LogP contribution in [-0.2, 0) is 6.54 Å². The molecule has 5 rings (SSSR count). The third-order valence-corrected chi connectivity index (χ3v) is 7.23. The summed E-state index contributed by atoms with van der Waals surface area (Å²) in [6.45, 7) is 6.87. The molecule has 4 aromatic rings. The Bertz CT molecular complexity index is 1320. The molecule has 1 aliphatic rings. The van der Waals surface area contributed by atoms with E-state index in [1.807, 2.05) is 49.4 Å². The molecule has 1 aliphatic heterocycles. The van der Waals surface area contributed by atoms with Crippen molar-refractivity contribution in [1.29, 1.82) is 0 Å². The predicted molar refractivity (Wildman–Crippen MR) is 137 cm³/mol. The molecule has 3 heterocycles. The molecule has 1 fully saturated rings. The number of anilines is 1. The average molecular weight is 477 g/mol. The molecule has 1 saturated heterocycles. The molecule has 0 unspecified atom stereocenters. The quantitative estimate of drug-likeness (QED) is 0.427. The Labute approximate surface area is 202 Å². The van der Waals surface area contributed by atoms with Gasteiger partial charge in [0.05, 0.1) is 31.5 Å². The number of thiophene rings is 1. The Morgan fingerprint density at radius 1 is 1.06 bits per heavy atom. The van der Waals surface area contributed by atoms with Gasteiger partial charge in [-0.2, -0.15) is 0 Å². The maximum absolute atomic E-state index is 12.8. The number of rotatable bonds is 7. The highest BCUT2D eigenvalue weighted by Gasteiger charge is 2.21. The normalized spacial score (nSPS) is 14.5. The zero-order chi connectivity index (χ0) is 23.5. The highest BCUT2D eigenvalue weighted by Crippen LogP contribution is 2.32. The van der Waals surface area contributed by atoms with Crippen molar-refractivity contribution in [3.63, 3.8) is 0 Å². The van der Waals surface area contributed by atoms with Crippen LogP contribution in [0.25, 0.3) is 20.7 Å². The van der Waals surface area contributed by atoms with E-state index in [0.29, 0.717) is 23.7 Å². The Kier molecular flexibility index (Phi) is 6.51. The number of aromatic nitrogens is 2. The van der Waals surface area contributed by atoms with Crippen LogP contribution in [-0.4, -0.2) is 54.8 Å². The van der Waals surface area contributed by atoms with Gasteiger partial charge >= 0.3 is 0 Å². The van der Waals surface area contributed by atoms with Crippen LogP contribution in [0.1, 0.15) is 12.7 Å². The minimum absolute atomic E-state index is 0.0750. The highest BCUT2D eigenvalue weighted by molar-refractivity contribution is 7.22. The predicted octanol–water partition coefficient (Wildman–Crippen LogP) is 4.38. The van der Waals surface area contributed by atoms with Crippen molar-refractivity contribution >= 4 is 27.2 Å². The van der Waals surface area contributed by atoms with E-state index in [0.717, 1.165) is 59.3 Å². The maximum atomic E-state index is 12.8. The largest absolute Gasteiger partial charge is 0.497 e. The fourth-order valence-corrected chi connectivity index (χ4v) is 5.31. The van der Waals surface area contributed by atoms with Crippen molar-refractivity contribution in [3.05, 3.63) is 70.8 Å². The van der Waals surface area contributed by atoms with Crippen molar-refractivity contribution in [2.45, 2.75) is 13.5 Å². The number of fused-ring (bicyclic) bond motifs is 1. The van der Waals surface area contributed by atoms with E-state index in [-0.39, 0.29) is 5.56 Å². The van der Waals surface area contributed by atoms with Crippen molar-refractivity contribution < 1.29 is 9.47 Å². The molecule has 0 aliphatic carbocycles. The number of methoxy groups -OCH3 is 1. The van der Waals surface area contributed by atoms with Gasteiger partial charge in [0.1, 0.15) is 22.0 Å². The van der Waals surface area contributed by atoms with Gasteiger partial charge in [-0.25, -0.2) is 4.98 Å². The SMILES string of the molecule is CCOc1ccccc1N1CCN(Cc2nc3cc(-c4ccc(OC)cc4)sc3c(=O)[nH]2)CC1. The summed E-state index contributed by atoms with van der Waals surface area (Å²) in [5.41, 5.74) is 2.86. The van der Waals surface area contributed by atoms with Crippen molar-refractivity contribution in [2.75, 3.05) is 44.8 Å². The van der Waals surface area contributed by atoms with Crippen LogP contribution in [0.3, 0.4) is 0 Å². The number of nitrogens with one attached hydrogen (secondary N) is 1. The van der Waals surface area contributed by atoms with E-state index in [1.54, 1.807) is 7.11 Å². The molecule has 0 atom stereocenters. The summed E-state index contributed by atoms with van der Waals surface area (Å²) in [7, 11) is 1.65. The molecule has 0 bridgehead atoms. The minimum Gasteiger partial charge on any atom is -0.497 e. The Morgan fingerprint density at radius 2 is 1.82 bits per heavy atom. The number of para-hydroxylation sites is 2. The van der Waals surface area contributed by atoms with Gasteiger partial charge in [-0.15, -0.1) is 11.3 Å². The second-order valence-electron chi connectivity index (χ2n) is 8.23. The lowest BCUT2D eigenvalue weighted by Gasteiger charge is -2.36. The molecule has 0 amide bonds. The number of hydrogen-bond acceptors (Lipinski definition) is 7. The zero-order valence-corrected chi connectivity index (χ0v) is 20.2. The van der Waals surface area contributed by atoms with E-state index < -0.39 is 0 Å². The van der Waals surface area contributed by atoms with E-state index in [9.17, 15) is 4.79 Å². The topological polar surface area (TPSA) is 70.7 Å². The summed E-state index contributed by atoms with van der Waals surface area (Å²) in [4.78, 5) is 26.3. The van der Waals surface area contributed by atoms with Crippen LogP contribution >= 0.6 is 11.3 Å². The number of H-pyrrole nitrogens is 1. The van der Waals surface area contributed by atoms with Crippen LogP contribution in [0, 0.1) is 0 Å². The van der Waals surface area contributed by atoms with Gasteiger partial charge in [0.25, 0.3) is 5.56 Å². The van der Waals surface area contributed by atoms with Gasteiger partial charge in [-0.1, -0.05) is 12.1 Å². The molecule has 1 N–H and O–H groups in total. The maximum Gasteiger partial charge on any atom is 0.268 e. The summed E-state index contributed by atoms with van der Waals surface area (Å²) in [6, 6.07) is 18.1. The third-order valence-electron chi connectivity index (χ3n) is 6.06. The molecule has 0 radical (unpaired) electrons. The molecule has 8 heteroatoms. The van der Waals surface area contributed by atoms with Crippen LogP contribution in [0.5, 0.6) is 11.5 Å². The number of benzene rings is 2. The summed E-state index contributed by atoms with van der Waals surface area (Å²) < 4.78 is 11.7. The number of aromatic amines is 1. The first kappa shape index (κ1) is 22.4. The summed E-state index contributed by atoms with van der Waals surface area (Å²) in [5.74, 6) is 2.45. The first-order valence-corrected chi connectivity index (χ1v) is 12.3. The lowest BCUT2D eigenvalue weighted by molar-refractivity contribution is 0.243. The van der Waals surface area contributed by atoms with E-state index >= 15 is 0 Å². The molecule has 0 saturated carbocycles. The van der Waals surface area contributed by atoms with Crippen molar-refractivity contribution in [1.82, 2.24) is 14.9 Å². The number of nitrogens with zero attached hydrogens (tertiary/aromatic N) is 3. The molecule has 0 spiro atoms. The van der Waals surface area contributed by atoms with Crippen molar-refractivity contribution in [2.24, 2.45) is 0 Å². The van der Waals surface area contributed by atoms with Crippen LogP contribution in [0.2, 0.25) is 0 Å². The fraction of sp³-hybridized carbons (Fsp3) is 0.308. The fourth-order valence-electron chi connectivity index (χ4n) is 4.32. The number of ether oxygens (including phenoxy) is 2. The van der Waals surface area contributed by atoms with E-state index in [4.69, 9.17) is 14.5 Å². The standard InChI is InChI=1S/C26H28N4O3S/c1-3-33-22-7-5-4-6-21(22)30-14-12-29(13-15-30)17-24-27-20-16-23(34-25(20)26(31)28-24)18-8-10-19(32-2)11-9-18/h4-11,16H,3,12-15,17H2,1-2H3,(H,27,28,31). The zero-order valence-electron chi connectivity index (χ0n) is 19.4. The monoisotopic (exact) mass is 476 g/mol. The summed E-state index contributed by atoms with van der Waals surface area (Å²) >= 11 is 1.47. The molecule has 176 valence electrons. The molecule has 34 heavy (non-hydrogen) atoms. The summed E-state index contributed by atoms with van der Waals surface area (Å²) in [6.07, 6.45) is 0. The molecular weight excluding hydrogens is 448 g/mol. The highest BCUT2D eigenvalue weighted by atomic mass is 32.1. The smallest absolute Gasteiger partial charge is 0.268 e. The second kappa shape index (κ2) is 9.87. The average Bonchev–Trinajstić information content (AvgIpc) is 3.30. The molecular formula is C26H28N4O3S. The second-order valence-corrected chi connectivity index (χ2v) is 9.28. The van der Waals surface area contributed by atoms with Gasteiger partial charge in [-0.3, -0.25) is 9.69 Å². The molecule has 7 nitrogen and oxygen atoms in total. The number of hydrogen-bond donors (Lipinski definition) is 1. The van der Waals surface area contributed by atoms with Crippen molar-refractivity contribution in [3.8, 4) is 21.9 Å². The molecule has 2 aromatic heterocycles. The first-order chi connectivity index (χ1) is 16.6. The third kappa shape index (κ3) is 4.64. The van der Waals surface area contributed by atoms with Gasteiger partial charge in [0.15, 0.2) is 0 Å². The van der Waals surface area contributed by atoms with Gasteiger partial charge in [-0.05, 0) is 55.0 Å². The van der Waals surface area contributed by atoms with Crippen LogP contribution in [0.4, 0.5) is 5.69 Å². The van der Waals surface area contributed by atoms with E-state index in [2.05, 4.69) is 26.9 Å². The van der Waals surface area contributed by atoms with Gasteiger partial charge in [0.2, 0.25) is 0 Å². The van der Waals surface area contributed by atoms with Crippen LogP contribution in [0.15, 0.2) is 59.4 Å². The Balaban J connectivity index is 1.29. The lowest BCUT2D eigenvalue weighted by Crippen LogP contribution is -2.46. The Morgan fingerprint density at radius 3 is 2.56 bits per heavy atom. The first-order valence-electron chi connectivity index (χ1n) is 11.5. The van der Waals surface area contributed by atoms with Crippen LogP contribution < -0.4 is 19.9 Å². The number of piperazine rings is 1. The summed E-state index contributed by atoms with van der Waals surface area (Å²) in [5, 5.41) is 0. The molecule has 2 aromatic carbocycles. The minimum atomic E-state index is -0.0750.